The van der Waals surface area contributed by atoms with Crippen molar-refractivity contribution in [1.82, 2.24) is 0 Å². The van der Waals surface area contributed by atoms with Crippen LogP contribution in [0.4, 0.5) is 16.2 Å². The Kier molecular flexibility index (Phi) is 4.59. The molecule has 1 amide bonds. The number of esters is 1. The SMILES string of the molecule is CCOC(=O)c1ccc2c(c1)N(C(=O)OC(C)(C)C)CCN2. The minimum atomic E-state index is -0.569. The molecule has 1 aliphatic rings. The molecule has 6 nitrogen and oxygen atoms in total. The zero-order valence-corrected chi connectivity index (χ0v) is 13.4. The molecule has 0 bridgehead atoms. The van der Waals surface area contributed by atoms with Gasteiger partial charge in [0.05, 0.1) is 23.5 Å². The molecule has 0 spiro atoms. The molecule has 2 rings (SSSR count). The van der Waals surface area contributed by atoms with Gasteiger partial charge in [0.2, 0.25) is 0 Å². The number of carbonyl (C=O) groups is 2. The Bertz CT molecular complexity index is 578. The number of ether oxygens (including phenoxy) is 2. The van der Waals surface area contributed by atoms with Crippen molar-refractivity contribution in [3.8, 4) is 0 Å². The summed E-state index contributed by atoms with van der Waals surface area (Å²) in [4.78, 5) is 25.7. The van der Waals surface area contributed by atoms with Crippen LogP contribution >= 0.6 is 0 Å². The summed E-state index contributed by atoms with van der Waals surface area (Å²) < 4.78 is 10.4. The zero-order chi connectivity index (χ0) is 16.3. The predicted octanol–water partition coefficient (Wildman–Crippen LogP) is 3.03. The van der Waals surface area contributed by atoms with Crippen LogP contribution in [-0.2, 0) is 9.47 Å². The third-order valence-electron chi connectivity index (χ3n) is 3.06. The fourth-order valence-electron chi connectivity index (χ4n) is 2.18. The molecular weight excluding hydrogens is 284 g/mol. The maximum atomic E-state index is 12.3. The van der Waals surface area contributed by atoms with Gasteiger partial charge < -0.3 is 14.8 Å². The number of nitrogens with zero attached hydrogens (tertiary/aromatic N) is 1. The highest BCUT2D eigenvalue weighted by Gasteiger charge is 2.28. The lowest BCUT2D eigenvalue weighted by Crippen LogP contribution is -2.42. The topological polar surface area (TPSA) is 67.9 Å². The molecular formula is C16H22N2O4. The van der Waals surface area contributed by atoms with Gasteiger partial charge in [-0.3, -0.25) is 4.90 Å². The van der Waals surface area contributed by atoms with Crippen LogP contribution in [0.2, 0.25) is 0 Å². The molecule has 22 heavy (non-hydrogen) atoms. The fourth-order valence-corrected chi connectivity index (χ4v) is 2.18. The van der Waals surface area contributed by atoms with Crippen molar-refractivity contribution < 1.29 is 19.1 Å². The van der Waals surface area contributed by atoms with Gasteiger partial charge in [-0.15, -0.1) is 0 Å². The molecule has 1 heterocycles. The van der Waals surface area contributed by atoms with Gasteiger partial charge in [-0.05, 0) is 45.9 Å². The monoisotopic (exact) mass is 306 g/mol. The Hall–Kier alpha value is -2.24. The molecule has 0 aromatic heterocycles. The van der Waals surface area contributed by atoms with Crippen LogP contribution in [0.25, 0.3) is 0 Å². The summed E-state index contributed by atoms with van der Waals surface area (Å²) in [7, 11) is 0. The standard InChI is InChI=1S/C16H22N2O4/c1-5-21-14(19)11-6-7-12-13(10-11)18(9-8-17-12)15(20)22-16(2,3)4/h6-7,10,17H,5,8-9H2,1-4H3. The second-order valence-electron chi connectivity index (χ2n) is 6.01. The smallest absolute Gasteiger partial charge is 0.414 e. The molecule has 1 N–H and O–H groups in total. The highest BCUT2D eigenvalue weighted by molar-refractivity contribution is 5.98. The van der Waals surface area contributed by atoms with Crippen molar-refractivity contribution in [1.29, 1.82) is 0 Å². The molecule has 1 aromatic rings. The largest absolute Gasteiger partial charge is 0.462 e. The van der Waals surface area contributed by atoms with E-state index < -0.39 is 17.7 Å². The summed E-state index contributed by atoms with van der Waals surface area (Å²) in [5.41, 5.74) is 1.27. The van der Waals surface area contributed by atoms with Crippen molar-refractivity contribution in [2.45, 2.75) is 33.3 Å². The second-order valence-corrected chi connectivity index (χ2v) is 6.01. The van der Waals surface area contributed by atoms with Crippen LogP contribution in [-0.4, -0.2) is 37.4 Å². The lowest BCUT2D eigenvalue weighted by molar-refractivity contribution is 0.0522. The average Bonchev–Trinajstić information content (AvgIpc) is 2.44. The normalized spacial score (nSPS) is 13.9. The van der Waals surface area contributed by atoms with Crippen molar-refractivity contribution in [3.05, 3.63) is 23.8 Å². The first-order valence-corrected chi connectivity index (χ1v) is 7.37. The highest BCUT2D eigenvalue weighted by Crippen LogP contribution is 2.31. The van der Waals surface area contributed by atoms with Gasteiger partial charge in [-0.2, -0.15) is 0 Å². The van der Waals surface area contributed by atoms with Crippen LogP contribution in [0.1, 0.15) is 38.1 Å². The third-order valence-corrected chi connectivity index (χ3v) is 3.06. The van der Waals surface area contributed by atoms with E-state index >= 15 is 0 Å². The first-order valence-electron chi connectivity index (χ1n) is 7.37. The van der Waals surface area contributed by atoms with Gasteiger partial charge in [-0.1, -0.05) is 0 Å². The lowest BCUT2D eigenvalue weighted by Gasteiger charge is -2.32. The van der Waals surface area contributed by atoms with E-state index in [4.69, 9.17) is 9.47 Å². The van der Waals surface area contributed by atoms with Crippen LogP contribution in [0, 0.1) is 0 Å². The Morgan fingerprint density at radius 2 is 2.05 bits per heavy atom. The van der Waals surface area contributed by atoms with Gasteiger partial charge in [0, 0.05) is 13.1 Å². The molecule has 0 radical (unpaired) electrons. The molecule has 6 heteroatoms. The maximum Gasteiger partial charge on any atom is 0.414 e. The molecule has 120 valence electrons. The van der Waals surface area contributed by atoms with E-state index in [1.807, 2.05) is 20.8 Å². The van der Waals surface area contributed by atoms with E-state index in [1.54, 1.807) is 30.0 Å². The summed E-state index contributed by atoms with van der Waals surface area (Å²) in [6.07, 6.45) is -0.420. The number of hydrogen-bond donors (Lipinski definition) is 1. The van der Waals surface area contributed by atoms with E-state index in [1.165, 1.54) is 0 Å². The van der Waals surface area contributed by atoms with Crippen LogP contribution in [0.3, 0.4) is 0 Å². The maximum absolute atomic E-state index is 12.3. The Balaban J connectivity index is 2.30. The average molecular weight is 306 g/mol. The van der Waals surface area contributed by atoms with Crippen LogP contribution in [0.15, 0.2) is 18.2 Å². The minimum absolute atomic E-state index is 0.309. The molecule has 0 aliphatic carbocycles. The fraction of sp³-hybridized carbons (Fsp3) is 0.500. The number of fused-ring (bicyclic) bond motifs is 1. The van der Waals surface area contributed by atoms with Gasteiger partial charge in [0.1, 0.15) is 5.60 Å². The van der Waals surface area contributed by atoms with E-state index in [0.29, 0.717) is 30.9 Å². The van der Waals surface area contributed by atoms with Crippen LogP contribution in [0.5, 0.6) is 0 Å². The number of anilines is 2. The van der Waals surface area contributed by atoms with E-state index in [0.717, 1.165) is 5.69 Å². The number of benzene rings is 1. The quantitative estimate of drug-likeness (QED) is 0.851. The van der Waals surface area contributed by atoms with Crippen molar-refractivity contribution in [2.24, 2.45) is 0 Å². The van der Waals surface area contributed by atoms with Crippen molar-refractivity contribution in [3.63, 3.8) is 0 Å². The van der Waals surface area contributed by atoms with Crippen LogP contribution < -0.4 is 10.2 Å². The number of nitrogens with one attached hydrogen (secondary N) is 1. The Morgan fingerprint density at radius 3 is 2.68 bits per heavy atom. The molecule has 0 unspecified atom stereocenters. The molecule has 0 fully saturated rings. The Morgan fingerprint density at radius 1 is 1.32 bits per heavy atom. The van der Waals surface area contributed by atoms with E-state index in [9.17, 15) is 9.59 Å². The summed E-state index contributed by atoms with van der Waals surface area (Å²) in [6, 6.07) is 5.12. The highest BCUT2D eigenvalue weighted by atomic mass is 16.6. The van der Waals surface area contributed by atoms with E-state index in [-0.39, 0.29) is 0 Å². The van der Waals surface area contributed by atoms with E-state index in [2.05, 4.69) is 5.32 Å². The minimum Gasteiger partial charge on any atom is -0.462 e. The first-order chi connectivity index (χ1) is 10.3. The molecule has 0 saturated heterocycles. The molecule has 1 aromatic carbocycles. The number of hydrogen-bond acceptors (Lipinski definition) is 5. The summed E-state index contributed by atoms with van der Waals surface area (Å²) in [5, 5.41) is 3.21. The van der Waals surface area contributed by atoms with Gasteiger partial charge >= 0.3 is 12.1 Å². The number of amides is 1. The van der Waals surface area contributed by atoms with Gasteiger partial charge in [0.15, 0.2) is 0 Å². The zero-order valence-electron chi connectivity index (χ0n) is 13.4. The molecule has 0 atom stereocenters. The number of rotatable bonds is 2. The summed E-state index contributed by atoms with van der Waals surface area (Å²) in [6.45, 7) is 8.64. The Labute approximate surface area is 130 Å². The third kappa shape index (κ3) is 3.69. The second kappa shape index (κ2) is 6.25. The van der Waals surface area contributed by atoms with Gasteiger partial charge in [0.25, 0.3) is 0 Å². The lowest BCUT2D eigenvalue weighted by atomic mass is 10.1. The van der Waals surface area contributed by atoms with Crippen molar-refractivity contribution in [2.75, 3.05) is 29.9 Å². The molecule has 1 aliphatic heterocycles. The first kappa shape index (κ1) is 16.1. The van der Waals surface area contributed by atoms with Gasteiger partial charge in [-0.25, -0.2) is 9.59 Å². The summed E-state index contributed by atoms with van der Waals surface area (Å²) in [5.74, 6) is -0.403. The van der Waals surface area contributed by atoms with Crippen molar-refractivity contribution >= 4 is 23.4 Å². The molecule has 0 saturated carbocycles. The number of carbonyl (C=O) groups excluding carboxylic acids is 2. The summed E-state index contributed by atoms with van der Waals surface area (Å²) >= 11 is 0. The predicted molar refractivity (Wildman–Crippen MR) is 84.5 cm³/mol.